The van der Waals surface area contributed by atoms with Crippen LogP contribution in [-0.2, 0) is 17.6 Å². The number of rotatable bonds is 6. The summed E-state index contributed by atoms with van der Waals surface area (Å²) in [6.07, 6.45) is -1.42. The van der Waals surface area contributed by atoms with E-state index in [1.54, 1.807) is 12.1 Å². The van der Waals surface area contributed by atoms with E-state index in [0.29, 0.717) is 22.7 Å². The van der Waals surface area contributed by atoms with Gasteiger partial charge < -0.3 is 4.74 Å². The zero-order valence-corrected chi connectivity index (χ0v) is 14.4. The van der Waals surface area contributed by atoms with Gasteiger partial charge in [0.1, 0.15) is 22.9 Å². The van der Waals surface area contributed by atoms with E-state index in [2.05, 4.69) is 25.9 Å². The molecule has 2 heterocycles. The Morgan fingerprint density at radius 3 is 2.52 bits per heavy atom. The Balaban J connectivity index is 2.27. The largest absolute Gasteiger partial charge is 0.433 e. The lowest BCUT2D eigenvalue weighted by Gasteiger charge is -2.14. The maximum Gasteiger partial charge on any atom is 0.433 e. The minimum absolute atomic E-state index is 0.182. The minimum atomic E-state index is -4.49. The Kier molecular flexibility index (Phi) is 5.80. The van der Waals surface area contributed by atoms with E-state index in [1.807, 2.05) is 13.8 Å². The first-order valence-electron chi connectivity index (χ1n) is 7.11. The quantitative estimate of drug-likeness (QED) is 0.526. The molecule has 0 radical (unpaired) electrons. The molecule has 0 spiro atoms. The van der Waals surface area contributed by atoms with Gasteiger partial charge in [0.25, 0.3) is 0 Å². The molecular weight excluding hydrogens is 375 g/mol. The van der Waals surface area contributed by atoms with Gasteiger partial charge in [-0.1, -0.05) is 13.8 Å². The third-order valence-corrected chi connectivity index (χ3v) is 3.66. The number of nitrogens with zero attached hydrogens (tertiary/aromatic N) is 3. The number of ether oxygens (including phenoxy) is 1. The molecule has 0 bridgehead atoms. The third kappa shape index (κ3) is 4.78. The van der Waals surface area contributed by atoms with Crippen LogP contribution in [0.3, 0.4) is 0 Å². The van der Waals surface area contributed by atoms with E-state index >= 15 is 0 Å². The summed E-state index contributed by atoms with van der Waals surface area (Å²) in [6, 6.07) is 3.31. The van der Waals surface area contributed by atoms with Gasteiger partial charge in [-0.2, -0.15) is 13.2 Å². The molecule has 0 aromatic carbocycles. The average molecular weight is 392 g/mol. The molecule has 0 fully saturated rings. The topological polar surface area (TPSA) is 39.9 Å². The lowest BCUT2D eigenvalue weighted by molar-refractivity contribution is -0.145. The van der Waals surface area contributed by atoms with Crippen molar-refractivity contribution in [3.05, 3.63) is 34.8 Å². The molecular formula is C15H17BrF3N3O. The van der Waals surface area contributed by atoms with Crippen LogP contribution in [0.25, 0.3) is 11.4 Å². The van der Waals surface area contributed by atoms with Crippen molar-refractivity contribution in [1.82, 2.24) is 14.5 Å². The molecule has 0 N–H and O–H groups in total. The van der Waals surface area contributed by atoms with Crippen LogP contribution in [-0.4, -0.2) is 21.1 Å². The van der Waals surface area contributed by atoms with Crippen LogP contribution in [0.2, 0.25) is 0 Å². The van der Waals surface area contributed by atoms with Gasteiger partial charge in [-0.3, -0.25) is 4.57 Å². The van der Waals surface area contributed by atoms with Crippen LogP contribution in [0, 0.1) is 5.92 Å². The van der Waals surface area contributed by atoms with Crippen molar-refractivity contribution in [3.63, 3.8) is 0 Å². The maximum atomic E-state index is 13.1. The monoisotopic (exact) mass is 391 g/mol. The van der Waals surface area contributed by atoms with Crippen LogP contribution in [0.15, 0.2) is 29.1 Å². The Morgan fingerprint density at radius 2 is 1.96 bits per heavy atom. The number of alkyl halides is 3. The fraction of sp³-hybridized carbons (Fsp3) is 0.467. The van der Waals surface area contributed by atoms with Crippen molar-refractivity contribution in [1.29, 1.82) is 0 Å². The molecule has 2 aromatic rings. The van der Waals surface area contributed by atoms with E-state index in [-0.39, 0.29) is 12.6 Å². The summed E-state index contributed by atoms with van der Waals surface area (Å²) in [7, 11) is 0. The summed E-state index contributed by atoms with van der Waals surface area (Å²) in [4.78, 5) is 7.93. The van der Waals surface area contributed by atoms with E-state index in [9.17, 15) is 13.2 Å². The summed E-state index contributed by atoms with van der Waals surface area (Å²) in [6.45, 7) is 4.25. The first kappa shape index (κ1) is 17.9. The number of pyridine rings is 1. The number of imidazole rings is 1. The fourth-order valence-electron chi connectivity index (χ4n) is 1.95. The molecule has 23 heavy (non-hydrogen) atoms. The van der Waals surface area contributed by atoms with Gasteiger partial charge in [0.05, 0.1) is 6.20 Å². The molecule has 2 aromatic heterocycles. The molecule has 2 rings (SSSR count). The second kappa shape index (κ2) is 7.44. The number of aromatic nitrogens is 3. The van der Waals surface area contributed by atoms with E-state index < -0.39 is 11.9 Å². The van der Waals surface area contributed by atoms with E-state index in [0.717, 1.165) is 17.2 Å². The molecule has 8 heteroatoms. The molecule has 0 saturated carbocycles. The highest BCUT2D eigenvalue weighted by atomic mass is 79.9. The highest BCUT2D eigenvalue weighted by molar-refractivity contribution is 9.10. The van der Waals surface area contributed by atoms with Crippen LogP contribution >= 0.6 is 15.9 Å². The molecule has 0 aliphatic rings. The molecule has 4 nitrogen and oxygen atoms in total. The second-order valence-corrected chi connectivity index (χ2v) is 6.29. The van der Waals surface area contributed by atoms with Crippen LogP contribution < -0.4 is 0 Å². The van der Waals surface area contributed by atoms with Gasteiger partial charge >= 0.3 is 6.18 Å². The van der Waals surface area contributed by atoms with Crippen LogP contribution in [0.1, 0.15) is 26.0 Å². The predicted octanol–water partition coefficient (Wildman–Crippen LogP) is 4.75. The van der Waals surface area contributed by atoms with Crippen LogP contribution in [0.5, 0.6) is 0 Å². The molecule has 126 valence electrons. The predicted molar refractivity (Wildman–Crippen MR) is 83.6 cm³/mol. The molecule has 0 unspecified atom stereocenters. The average Bonchev–Trinajstić information content (AvgIpc) is 2.88. The van der Waals surface area contributed by atoms with Gasteiger partial charge in [-0.25, -0.2) is 9.97 Å². The zero-order valence-electron chi connectivity index (χ0n) is 12.8. The Morgan fingerprint density at radius 1 is 1.22 bits per heavy atom. The van der Waals surface area contributed by atoms with Crippen molar-refractivity contribution >= 4 is 15.9 Å². The van der Waals surface area contributed by atoms with Gasteiger partial charge in [0.15, 0.2) is 0 Å². The summed E-state index contributed by atoms with van der Waals surface area (Å²) in [5.74, 6) is 0.608. The standard InChI is InChI=1S/C15H17BrF3N3O/c1-10(2)5-6-23-9-22-12(15(17,18)19)8-21-14(22)11-3-4-13(16)20-7-11/h3-4,7-8,10H,5-6,9H2,1-2H3. The lowest BCUT2D eigenvalue weighted by Crippen LogP contribution is -2.16. The first-order chi connectivity index (χ1) is 10.8. The van der Waals surface area contributed by atoms with Crippen molar-refractivity contribution in [2.75, 3.05) is 6.61 Å². The smallest absolute Gasteiger partial charge is 0.361 e. The first-order valence-corrected chi connectivity index (χ1v) is 7.90. The van der Waals surface area contributed by atoms with Gasteiger partial charge in [0, 0.05) is 18.4 Å². The third-order valence-electron chi connectivity index (χ3n) is 3.19. The summed E-state index contributed by atoms with van der Waals surface area (Å²) < 4.78 is 46.5. The van der Waals surface area contributed by atoms with Gasteiger partial charge in [0.2, 0.25) is 0 Å². The fourth-order valence-corrected chi connectivity index (χ4v) is 2.18. The second-order valence-electron chi connectivity index (χ2n) is 5.48. The minimum Gasteiger partial charge on any atom is -0.361 e. The van der Waals surface area contributed by atoms with Crippen LogP contribution in [0.4, 0.5) is 13.2 Å². The van der Waals surface area contributed by atoms with Crippen molar-refractivity contribution < 1.29 is 17.9 Å². The van der Waals surface area contributed by atoms with Gasteiger partial charge in [-0.05, 0) is 40.4 Å². The number of hydrogen-bond donors (Lipinski definition) is 0. The SMILES string of the molecule is CC(C)CCOCn1c(C(F)(F)F)cnc1-c1ccc(Br)nc1. The Bertz CT molecular complexity index is 638. The number of hydrogen-bond acceptors (Lipinski definition) is 3. The highest BCUT2D eigenvalue weighted by Crippen LogP contribution is 2.32. The molecule has 0 amide bonds. The van der Waals surface area contributed by atoms with Crippen molar-refractivity contribution in [3.8, 4) is 11.4 Å². The normalized spacial score (nSPS) is 12.1. The maximum absolute atomic E-state index is 13.1. The van der Waals surface area contributed by atoms with Crippen molar-refractivity contribution in [2.45, 2.75) is 33.2 Å². The molecule has 0 aliphatic carbocycles. The van der Waals surface area contributed by atoms with E-state index in [4.69, 9.17) is 4.74 Å². The van der Waals surface area contributed by atoms with E-state index in [1.165, 1.54) is 6.20 Å². The molecule has 0 atom stereocenters. The lowest BCUT2D eigenvalue weighted by atomic mass is 10.1. The Labute approximate surface area is 140 Å². The Hall–Kier alpha value is -1.41. The number of halogens is 4. The highest BCUT2D eigenvalue weighted by Gasteiger charge is 2.36. The summed E-state index contributed by atoms with van der Waals surface area (Å²) >= 11 is 3.20. The molecule has 0 saturated heterocycles. The summed E-state index contributed by atoms with van der Waals surface area (Å²) in [5, 5.41) is 0. The van der Waals surface area contributed by atoms with Gasteiger partial charge in [-0.15, -0.1) is 0 Å². The molecule has 0 aliphatic heterocycles. The van der Waals surface area contributed by atoms with Crippen molar-refractivity contribution in [2.24, 2.45) is 5.92 Å². The zero-order chi connectivity index (χ0) is 17.0. The summed E-state index contributed by atoms with van der Waals surface area (Å²) in [5.41, 5.74) is -0.337.